The van der Waals surface area contributed by atoms with Crippen LogP contribution in [0.5, 0.6) is 0 Å². The van der Waals surface area contributed by atoms with Crippen LogP contribution < -0.4 is 5.73 Å². The fourth-order valence-electron chi connectivity index (χ4n) is 1.50. The minimum absolute atomic E-state index is 0.212. The molecule has 0 atom stereocenters. The highest BCUT2D eigenvalue weighted by molar-refractivity contribution is 5.88. The van der Waals surface area contributed by atoms with Gasteiger partial charge in [0.25, 0.3) is 0 Å². The number of pyridine rings is 1. The molecule has 0 aromatic carbocycles. The predicted octanol–water partition coefficient (Wildman–Crippen LogP) is 0.898. The molecule has 0 spiro atoms. The summed E-state index contributed by atoms with van der Waals surface area (Å²) in [5.74, 6) is -0.168. The van der Waals surface area contributed by atoms with Gasteiger partial charge in [0, 0.05) is 12.4 Å². The van der Waals surface area contributed by atoms with Gasteiger partial charge in [0.05, 0.1) is 29.6 Å². The van der Waals surface area contributed by atoms with E-state index in [2.05, 4.69) is 10.1 Å². The molecule has 2 aromatic heterocycles. The van der Waals surface area contributed by atoms with Gasteiger partial charge in [-0.3, -0.25) is 0 Å². The molecule has 2 N–H and O–H groups in total. The Morgan fingerprint density at radius 2 is 2.42 bits per heavy atom. The van der Waals surface area contributed by atoms with E-state index in [4.69, 9.17) is 15.7 Å². The molecule has 96 valence electrons. The van der Waals surface area contributed by atoms with Crippen LogP contribution in [-0.2, 0) is 4.74 Å². The summed E-state index contributed by atoms with van der Waals surface area (Å²) >= 11 is 0. The number of ether oxygens (including phenoxy) is 1. The summed E-state index contributed by atoms with van der Waals surface area (Å²) in [5.41, 5.74) is 6.62. The maximum absolute atomic E-state index is 11.5. The molecule has 19 heavy (non-hydrogen) atoms. The molecule has 0 bridgehead atoms. The molecule has 7 heteroatoms. The lowest BCUT2D eigenvalue weighted by Crippen LogP contribution is -2.06. The second-order valence-electron chi connectivity index (χ2n) is 3.60. The number of anilines is 1. The van der Waals surface area contributed by atoms with E-state index in [1.807, 2.05) is 6.07 Å². The molecule has 0 saturated carbocycles. The molecular weight excluding hydrogens is 246 g/mol. The van der Waals surface area contributed by atoms with E-state index in [0.717, 1.165) is 0 Å². The number of hydrogen-bond donors (Lipinski definition) is 1. The molecule has 0 fully saturated rings. The normalized spacial score (nSPS) is 9.89. The van der Waals surface area contributed by atoms with Crippen molar-refractivity contribution in [2.45, 2.75) is 6.92 Å². The molecule has 2 rings (SSSR count). The first kappa shape index (κ1) is 12.6. The van der Waals surface area contributed by atoms with E-state index in [1.165, 1.54) is 29.3 Å². The summed E-state index contributed by atoms with van der Waals surface area (Å²) in [4.78, 5) is 15.6. The van der Waals surface area contributed by atoms with Crippen LogP contribution in [0.2, 0.25) is 0 Å². The zero-order chi connectivity index (χ0) is 13.8. The van der Waals surface area contributed by atoms with E-state index in [1.54, 1.807) is 6.92 Å². The molecule has 7 nitrogen and oxygen atoms in total. The summed E-state index contributed by atoms with van der Waals surface area (Å²) in [6.07, 6.45) is 4.27. The second-order valence-corrected chi connectivity index (χ2v) is 3.60. The van der Waals surface area contributed by atoms with Crippen molar-refractivity contribution < 1.29 is 9.53 Å². The van der Waals surface area contributed by atoms with Gasteiger partial charge in [-0.1, -0.05) is 0 Å². The number of hydrogen-bond acceptors (Lipinski definition) is 6. The molecular formula is C12H11N5O2. The highest BCUT2D eigenvalue weighted by Gasteiger charge is 2.13. The smallest absolute Gasteiger partial charge is 0.341 e. The number of aromatic nitrogens is 3. The van der Waals surface area contributed by atoms with Gasteiger partial charge in [0.15, 0.2) is 5.82 Å². The molecule has 0 radical (unpaired) electrons. The van der Waals surface area contributed by atoms with Gasteiger partial charge in [-0.2, -0.15) is 10.4 Å². The first-order valence-corrected chi connectivity index (χ1v) is 5.54. The number of nitrogens with zero attached hydrogens (tertiary/aromatic N) is 4. The van der Waals surface area contributed by atoms with Gasteiger partial charge in [0.2, 0.25) is 0 Å². The highest BCUT2D eigenvalue weighted by atomic mass is 16.5. The van der Waals surface area contributed by atoms with Crippen molar-refractivity contribution in [3.8, 4) is 11.9 Å². The van der Waals surface area contributed by atoms with E-state index < -0.39 is 5.97 Å². The summed E-state index contributed by atoms with van der Waals surface area (Å²) in [5, 5.41) is 12.9. The fraction of sp³-hybridized carbons (Fsp3) is 0.167. The Bertz CT molecular complexity index is 656. The monoisotopic (exact) mass is 257 g/mol. The molecule has 0 unspecified atom stereocenters. The SMILES string of the molecule is CCOC(=O)c1cnn(-c2nccc(C#N)c2N)c1. The molecule has 0 aliphatic heterocycles. The molecule has 0 amide bonds. The van der Waals surface area contributed by atoms with Crippen LogP contribution in [0.3, 0.4) is 0 Å². The minimum atomic E-state index is -0.469. The molecule has 2 heterocycles. The van der Waals surface area contributed by atoms with Crippen molar-refractivity contribution in [2.24, 2.45) is 0 Å². The third-order valence-corrected chi connectivity index (χ3v) is 2.40. The minimum Gasteiger partial charge on any atom is -0.462 e. The van der Waals surface area contributed by atoms with Gasteiger partial charge in [-0.15, -0.1) is 0 Å². The maximum atomic E-state index is 11.5. The lowest BCUT2D eigenvalue weighted by atomic mass is 10.2. The van der Waals surface area contributed by atoms with Gasteiger partial charge < -0.3 is 10.5 Å². The van der Waals surface area contributed by atoms with E-state index in [9.17, 15) is 4.79 Å². The highest BCUT2D eigenvalue weighted by Crippen LogP contribution is 2.18. The zero-order valence-corrected chi connectivity index (χ0v) is 10.2. The van der Waals surface area contributed by atoms with Gasteiger partial charge in [-0.05, 0) is 13.0 Å². The lowest BCUT2D eigenvalue weighted by Gasteiger charge is -2.04. The number of nitrogen functional groups attached to an aromatic ring is 1. The Morgan fingerprint density at radius 3 is 3.11 bits per heavy atom. The van der Waals surface area contributed by atoms with Crippen molar-refractivity contribution in [1.29, 1.82) is 5.26 Å². The van der Waals surface area contributed by atoms with Crippen LogP contribution in [0.15, 0.2) is 24.7 Å². The number of esters is 1. The van der Waals surface area contributed by atoms with E-state index in [0.29, 0.717) is 16.9 Å². The largest absolute Gasteiger partial charge is 0.462 e. The van der Waals surface area contributed by atoms with Crippen molar-refractivity contribution in [1.82, 2.24) is 14.8 Å². The first-order valence-electron chi connectivity index (χ1n) is 5.54. The predicted molar refractivity (Wildman–Crippen MR) is 66.4 cm³/mol. The number of rotatable bonds is 3. The standard InChI is InChI=1S/C12H11N5O2/c1-2-19-12(18)9-6-16-17(7-9)11-10(14)8(5-13)3-4-15-11/h3-4,6-7H,2,14H2,1H3. The van der Waals surface area contributed by atoms with Crippen LogP contribution in [0.1, 0.15) is 22.8 Å². The van der Waals surface area contributed by atoms with Crippen molar-refractivity contribution in [3.05, 3.63) is 35.8 Å². The first-order chi connectivity index (χ1) is 9.17. The topological polar surface area (TPSA) is 107 Å². The van der Waals surface area contributed by atoms with Crippen LogP contribution >= 0.6 is 0 Å². The quantitative estimate of drug-likeness (QED) is 0.818. The van der Waals surface area contributed by atoms with Crippen molar-refractivity contribution in [2.75, 3.05) is 12.3 Å². The summed E-state index contributed by atoms with van der Waals surface area (Å²) in [6, 6.07) is 3.47. The number of nitriles is 1. The van der Waals surface area contributed by atoms with Gasteiger partial charge >= 0.3 is 5.97 Å². The van der Waals surface area contributed by atoms with Crippen LogP contribution in [0.25, 0.3) is 5.82 Å². The lowest BCUT2D eigenvalue weighted by molar-refractivity contribution is 0.0526. The molecule has 0 aliphatic rings. The van der Waals surface area contributed by atoms with Crippen molar-refractivity contribution in [3.63, 3.8) is 0 Å². The average molecular weight is 257 g/mol. The molecule has 2 aromatic rings. The zero-order valence-electron chi connectivity index (χ0n) is 10.2. The van der Waals surface area contributed by atoms with Crippen LogP contribution in [-0.4, -0.2) is 27.3 Å². The maximum Gasteiger partial charge on any atom is 0.341 e. The second kappa shape index (κ2) is 5.18. The average Bonchev–Trinajstić information content (AvgIpc) is 2.89. The molecule has 0 saturated heterocycles. The Balaban J connectivity index is 2.39. The summed E-state index contributed by atoms with van der Waals surface area (Å²) in [6.45, 7) is 2.01. The van der Waals surface area contributed by atoms with E-state index in [-0.39, 0.29) is 12.3 Å². The Morgan fingerprint density at radius 1 is 1.63 bits per heavy atom. The third kappa shape index (κ3) is 2.37. The third-order valence-electron chi connectivity index (χ3n) is 2.40. The van der Waals surface area contributed by atoms with E-state index >= 15 is 0 Å². The molecule has 0 aliphatic carbocycles. The number of carbonyl (C=O) groups excluding carboxylic acids is 1. The van der Waals surface area contributed by atoms with Crippen LogP contribution in [0.4, 0.5) is 5.69 Å². The Kier molecular flexibility index (Phi) is 3.43. The summed E-state index contributed by atoms with van der Waals surface area (Å²) < 4.78 is 6.19. The van der Waals surface area contributed by atoms with Crippen molar-refractivity contribution >= 4 is 11.7 Å². The van der Waals surface area contributed by atoms with Gasteiger partial charge in [-0.25, -0.2) is 14.5 Å². The summed E-state index contributed by atoms with van der Waals surface area (Å²) in [7, 11) is 0. The Labute approximate surface area is 109 Å². The number of carbonyl (C=O) groups is 1. The fourth-order valence-corrected chi connectivity index (χ4v) is 1.50. The number of nitrogens with two attached hydrogens (primary N) is 1. The Hall–Kier alpha value is -2.88. The van der Waals surface area contributed by atoms with Crippen LogP contribution in [0, 0.1) is 11.3 Å². The van der Waals surface area contributed by atoms with Gasteiger partial charge in [0.1, 0.15) is 6.07 Å².